The molecule has 0 amide bonds. The van der Waals surface area contributed by atoms with Gasteiger partial charge in [-0.05, 0) is 26.2 Å². The smallest absolute Gasteiger partial charge is 0.162 e. The van der Waals surface area contributed by atoms with E-state index in [0.717, 1.165) is 5.69 Å². The van der Waals surface area contributed by atoms with Crippen LogP contribution in [0.3, 0.4) is 0 Å². The van der Waals surface area contributed by atoms with E-state index in [2.05, 4.69) is 5.10 Å². The first-order chi connectivity index (χ1) is 7.63. The van der Waals surface area contributed by atoms with Gasteiger partial charge in [-0.25, -0.2) is 0 Å². The van der Waals surface area contributed by atoms with Gasteiger partial charge in [0.1, 0.15) is 11.3 Å². The average Bonchev–Trinajstić information content (AvgIpc) is 2.59. The third-order valence-corrected chi connectivity index (χ3v) is 3.39. The van der Waals surface area contributed by atoms with E-state index in [1.54, 1.807) is 13.3 Å². The van der Waals surface area contributed by atoms with E-state index in [1.165, 1.54) is 0 Å². The van der Waals surface area contributed by atoms with E-state index in [9.17, 15) is 5.11 Å². The third-order valence-electron chi connectivity index (χ3n) is 3.39. The van der Waals surface area contributed by atoms with Crippen molar-refractivity contribution in [3.05, 3.63) is 11.9 Å². The fourth-order valence-electron chi connectivity index (χ4n) is 1.71. The fourth-order valence-corrected chi connectivity index (χ4v) is 1.71. The molecule has 4 heteroatoms. The number of aliphatic hydroxyl groups is 1. The van der Waals surface area contributed by atoms with E-state index in [1.807, 2.05) is 46.2 Å². The molecule has 1 aromatic rings. The Labute approximate surface area is 104 Å². The van der Waals surface area contributed by atoms with Crippen LogP contribution in [0, 0.1) is 5.41 Å². The van der Waals surface area contributed by atoms with Gasteiger partial charge < -0.3 is 9.84 Å². The maximum Gasteiger partial charge on any atom is 0.162 e. The zero-order chi connectivity index (χ0) is 13.4. The summed E-state index contributed by atoms with van der Waals surface area (Å²) in [7, 11) is 1.60. The minimum atomic E-state index is -1.00. The summed E-state index contributed by atoms with van der Waals surface area (Å²) in [5.41, 5.74) is -0.561. The lowest BCUT2D eigenvalue weighted by atomic mass is 9.75. The predicted octanol–water partition coefficient (Wildman–Crippen LogP) is 2.73. The van der Waals surface area contributed by atoms with Crippen LogP contribution in [0.5, 0.6) is 5.75 Å². The number of hydrogen-bond donors (Lipinski definition) is 1. The van der Waals surface area contributed by atoms with Crippen LogP contribution in [0.4, 0.5) is 0 Å². The summed E-state index contributed by atoms with van der Waals surface area (Å²) in [6.45, 7) is 11.9. The number of hydrogen-bond acceptors (Lipinski definition) is 3. The van der Waals surface area contributed by atoms with Crippen molar-refractivity contribution in [3.63, 3.8) is 0 Å². The van der Waals surface area contributed by atoms with E-state index in [0.29, 0.717) is 5.75 Å². The Morgan fingerprint density at radius 1 is 1.29 bits per heavy atom. The van der Waals surface area contributed by atoms with Crippen LogP contribution in [0.2, 0.25) is 0 Å². The summed E-state index contributed by atoms with van der Waals surface area (Å²) < 4.78 is 7.14. The van der Waals surface area contributed by atoms with Gasteiger partial charge in [-0.3, -0.25) is 4.68 Å². The monoisotopic (exact) mass is 240 g/mol. The van der Waals surface area contributed by atoms with Crippen molar-refractivity contribution in [2.75, 3.05) is 7.11 Å². The molecule has 0 bridgehead atoms. The first-order valence-electron chi connectivity index (χ1n) is 5.97. The van der Waals surface area contributed by atoms with Crippen LogP contribution >= 0.6 is 0 Å². The number of ether oxygens (including phenoxy) is 1. The maximum absolute atomic E-state index is 10.8. The second kappa shape index (κ2) is 4.33. The van der Waals surface area contributed by atoms with E-state index < -0.39 is 5.60 Å². The molecule has 4 nitrogen and oxygen atoms in total. The Balaban J connectivity index is 3.42. The minimum Gasteiger partial charge on any atom is -0.493 e. The molecule has 0 aliphatic heterocycles. The van der Waals surface area contributed by atoms with Crippen molar-refractivity contribution in [1.82, 2.24) is 9.78 Å². The molecule has 0 aliphatic rings. The summed E-state index contributed by atoms with van der Waals surface area (Å²) in [4.78, 5) is 0. The molecule has 1 atom stereocenters. The van der Waals surface area contributed by atoms with Gasteiger partial charge in [0, 0.05) is 6.04 Å². The van der Waals surface area contributed by atoms with Gasteiger partial charge in [-0.15, -0.1) is 0 Å². The summed E-state index contributed by atoms with van der Waals surface area (Å²) in [5, 5.41) is 15.1. The molecule has 0 aliphatic carbocycles. The van der Waals surface area contributed by atoms with Crippen LogP contribution in [0.1, 0.15) is 53.3 Å². The van der Waals surface area contributed by atoms with E-state index in [-0.39, 0.29) is 11.5 Å². The van der Waals surface area contributed by atoms with E-state index >= 15 is 0 Å². The minimum absolute atomic E-state index is 0.183. The van der Waals surface area contributed by atoms with Crippen LogP contribution in [-0.2, 0) is 5.60 Å². The maximum atomic E-state index is 10.8. The Morgan fingerprint density at radius 2 is 1.82 bits per heavy atom. The molecule has 1 rings (SSSR count). The lowest BCUT2D eigenvalue weighted by molar-refractivity contribution is -0.0564. The normalized spacial score (nSPS) is 16.1. The van der Waals surface area contributed by atoms with E-state index in [4.69, 9.17) is 4.74 Å². The second-order valence-electron chi connectivity index (χ2n) is 5.92. The summed E-state index contributed by atoms with van der Waals surface area (Å²) in [6.07, 6.45) is 1.66. The average molecular weight is 240 g/mol. The van der Waals surface area contributed by atoms with Crippen LogP contribution in [-0.4, -0.2) is 22.0 Å². The van der Waals surface area contributed by atoms with Gasteiger partial charge in [0.2, 0.25) is 0 Å². The van der Waals surface area contributed by atoms with Gasteiger partial charge in [-0.1, -0.05) is 20.8 Å². The summed E-state index contributed by atoms with van der Waals surface area (Å²) >= 11 is 0. The zero-order valence-electron chi connectivity index (χ0n) is 11.9. The molecule has 0 radical (unpaired) electrons. The van der Waals surface area contributed by atoms with Gasteiger partial charge >= 0.3 is 0 Å². The molecule has 17 heavy (non-hydrogen) atoms. The second-order valence-corrected chi connectivity index (χ2v) is 5.92. The zero-order valence-corrected chi connectivity index (χ0v) is 11.9. The quantitative estimate of drug-likeness (QED) is 0.883. The lowest BCUT2D eigenvalue weighted by Crippen LogP contribution is -2.39. The summed E-state index contributed by atoms with van der Waals surface area (Å²) in [6, 6.07) is 0.183. The van der Waals surface area contributed by atoms with Crippen LogP contribution in [0.15, 0.2) is 6.20 Å². The first kappa shape index (κ1) is 14.0. The van der Waals surface area contributed by atoms with Gasteiger partial charge in [0.05, 0.1) is 13.3 Å². The molecule has 0 spiro atoms. The van der Waals surface area contributed by atoms with Gasteiger partial charge in [-0.2, -0.15) is 5.10 Å². The van der Waals surface area contributed by atoms with Gasteiger partial charge in [0.15, 0.2) is 5.75 Å². The molecular weight excluding hydrogens is 216 g/mol. The first-order valence-corrected chi connectivity index (χ1v) is 5.97. The molecule has 0 fully saturated rings. The fraction of sp³-hybridized carbons (Fsp3) is 0.769. The lowest BCUT2D eigenvalue weighted by Gasteiger charge is -2.38. The molecule has 1 heterocycles. The molecule has 0 saturated heterocycles. The van der Waals surface area contributed by atoms with Gasteiger partial charge in [0.25, 0.3) is 0 Å². The highest BCUT2D eigenvalue weighted by atomic mass is 16.5. The number of methoxy groups -OCH3 is 1. The highest BCUT2D eigenvalue weighted by Crippen LogP contribution is 2.43. The Bertz CT molecular complexity index is 387. The standard InChI is InChI=1S/C13H24N2O2/c1-9(2)15-11(10(17-7)8-14-15)13(6,16)12(3,4)5/h8-9,16H,1-7H3. The Kier molecular flexibility index (Phi) is 3.58. The van der Waals surface area contributed by atoms with Crippen molar-refractivity contribution in [2.24, 2.45) is 5.41 Å². The van der Waals surface area contributed by atoms with Crippen molar-refractivity contribution in [2.45, 2.75) is 53.2 Å². The molecule has 1 aromatic heterocycles. The molecule has 0 saturated carbocycles. The van der Waals surface area contributed by atoms with Crippen LogP contribution in [0.25, 0.3) is 0 Å². The van der Waals surface area contributed by atoms with Crippen molar-refractivity contribution in [3.8, 4) is 5.75 Å². The molecule has 1 N–H and O–H groups in total. The highest BCUT2D eigenvalue weighted by molar-refractivity contribution is 5.32. The molecule has 98 valence electrons. The van der Waals surface area contributed by atoms with Crippen LogP contribution < -0.4 is 4.74 Å². The number of aromatic nitrogens is 2. The Hall–Kier alpha value is -1.03. The van der Waals surface area contributed by atoms with Crippen molar-refractivity contribution >= 4 is 0 Å². The molecule has 1 unspecified atom stereocenters. The number of rotatable bonds is 3. The highest BCUT2D eigenvalue weighted by Gasteiger charge is 2.42. The largest absolute Gasteiger partial charge is 0.493 e. The third kappa shape index (κ3) is 2.32. The van der Waals surface area contributed by atoms with Crippen molar-refractivity contribution < 1.29 is 9.84 Å². The number of nitrogens with zero attached hydrogens (tertiary/aromatic N) is 2. The predicted molar refractivity (Wildman–Crippen MR) is 68.2 cm³/mol. The molecule has 0 aromatic carbocycles. The van der Waals surface area contributed by atoms with Crippen molar-refractivity contribution in [1.29, 1.82) is 0 Å². The Morgan fingerprint density at radius 3 is 2.18 bits per heavy atom. The summed E-state index contributed by atoms with van der Waals surface area (Å²) in [5.74, 6) is 0.638. The topological polar surface area (TPSA) is 47.3 Å². The molecular formula is C13H24N2O2. The SMILES string of the molecule is COc1cnn(C(C)C)c1C(C)(O)C(C)(C)C.